The topological polar surface area (TPSA) is 53.0 Å². The molecule has 0 aromatic carbocycles. The summed E-state index contributed by atoms with van der Waals surface area (Å²) in [4.78, 5) is 16.1. The first kappa shape index (κ1) is 13.8. The maximum absolute atomic E-state index is 11.5. The van der Waals surface area contributed by atoms with Crippen LogP contribution < -0.4 is 0 Å². The fourth-order valence-electron chi connectivity index (χ4n) is 2.97. The van der Waals surface area contributed by atoms with Gasteiger partial charge in [0.2, 0.25) is 0 Å². The summed E-state index contributed by atoms with van der Waals surface area (Å²) in [6.45, 7) is 9.05. The van der Waals surface area contributed by atoms with Gasteiger partial charge >= 0.3 is 5.97 Å². The third kappa shape index (κ3) is 3.43. The number of carbonyl (C=O) groups is 1. The molecule has 2 unspecified atom stereocenters. The SMILES string of the molecule is CCN1CCC(C(CN2CCOCC2)C(=O)O)C1. The summed E-state index contributed by atoms with van der Waals surface area (Å²) in [7, 11) is 0. The standard InChI is InChI=1S/C13H24N2O3/c1-2-14-4-3-11(9-14)12(13(16)17)10-15-5-7-18-8-6-15/h11-12H,2-10H2,1H3,(H,16,17). The molecule has 1 N–H and O–H groups in total. The van der Waals surface area contributed by atoms with E-state index in [4.69, 9.17) is 4.74 Å². The molecule has 2 aliphatic rings. The second-order valence-corrected chi connectivity index (χ2v) is 5.30. The van der Waals surface area contributed by atoms with Gasteiger partial charge in [-0.3, -0.25) is 9.69 Å². The largest absolute Gasteiger partial charge is 0.481 e. The second kappa shape index (κ2) is 6.50. The van der Waals surface area contributed by atoms with Crippen LogP contribution in [0.3, 0.4) is 0 Å². The Morgan fingerprint density at radius 3 is 2.61 bits per heavy atom. The number of rotatable bonds is 5. The highest BCUT2D eigenvalue weighted by molar-refractivity contribution is 5.70. The van der Waals surface area contributed by atoms with E-state index in [1.807, 2.05) is 0 Å². The minimum atomic E-state index is -0.635. The predicted molar refractivity (Wildman–Crippen MR) is 68.6 cm³/mol. The zero-order chi connectivity index (χ0) is 13.0. The van der Waals surface area contributed by atoms with E-state index in [0.717, 1.165) is 52.4 Å². The lowest BCUT2D eigenvalue weighted by molar-refractivity contribution is -0.144. The van der Waals surface area contributed by atoms with Gasteiger partial charge in [-0.05, 0) is 25.4 Å². The minimum absolute atomic E-state index is 0.223. The molecule has 2 saturated heterocycles. The van der Waals surface area contributed by atoms with Crippen LogP contribution in [0.4, 0.5) is 0 Å². The highest BCUT2D eigenvalue weighted by Gasteiger charge is 2.34. The van der Waals surface area contributed by atoms with Crippen LogP contribution in [0.5, 0.6) is 0 Å². The van der Waals surface area contributed by atoms with Gasteiger partial charge in [0.05, 0.1) is 19.1 Å². The number of nitrogens with zero attached hydrogens (tertiary/aromatic N) is 2. The lowest BCUT2D eigenvalue weighted by Gasteiger charge is -2.31. The Morgan fingerprint density at radius 1 is 1.33 bits per heavy atom. The van der Waals surface area contributed by atoms with Crippen molar-refractivity contribution in [3.8, 4) is 0 Å². The highest BCUT2D eigenvalue weighted by Crippen LogP contribution is 2.25. The number of carboxylic acid groups (broad SMARTS) is 1. The summed E-state index contributed by atoms with van der Waals surface area (Å²) < 4.78 is 5.30. The molecule has 2 heterocycles. The van der Waals surface area contributed by atoms with Gasteiger partial charge in [0.15, 0.2) is 0 Å². The van der Waals surface area contributed by atoms with E-state index in [2.05, 4.69) is 16.7 Å². The molecule has 0 aromatic rings. The Morgan fingerprint density at radius 2 is 2.06 bits per heavy atom. The molecule has 0 radical (unpaired) electrons. The van der Waals surface area contributed by atoms with Crippen LogP contribution in [0, 0.1) is 11.8 Å². The molecule has 2 rings (SSSR count). The predicted octanol–water partition coefficient (Wildman–Crippen LogP) is 0.361. The van der Waals surface area contributed by atoms with Gasteiger partial charge in [0, 0.05) is 26.2 Å². The van der Waals surface area contributed by atoms with Gasteiger partial charge in [-0.25, -0.2) is 0 Å². The smallest absolute Gasteiger partial charge is 0.308 e. The summed E-state index contributed by atoms with van der Waals surface area (Å²) in [6.07, 6.45) is 1.02. The van der Waals surface area contributed by atoms with E-state index in [0.29, 0.717) is 12.5 Å². The van der Waals surface area contributed by atoms with E-state index in [-0.39, 0.29) is 5.92 Å². The Labute approximate surface area is 109 Å². The Hall–Kier alpha value is -0.650. The molecule has 5 heteroatoms. The van der Waals surface area contributed by atoms with Gasteiger partial charge in [-0.1, -0.05) is 6.92 Å². The number of morpholine rings is 1. The molecule has 104 valence electrons. The first-order chi connectivity index (χ1) is 8.70. The summed E-state index contributed by atoms with van der Waals surface area (Å²) in [5.74, 6) is -0.547. The Kier molecular flexibility index (Phi) is 4.97. The average Bonchev–Trinajstić information content (AvgIpc) is 2.85. The third-order valence-corrected chi connectivity index (χ3v) is 4.20. The van der Waals surface area contributed by atoms with Gasteiger partial charge in [-0.2, -0.15) is 0 Å². The van der Waals surface area contributed by atoms with E-state index >= 15 is 0 Å². The normalized spacial score (nSPS) is 28.4. The molecule has 2 atom stereocenters. The maximum Gasteiger partial charge on any atom is 0.308 e. The molecule has 0 bridgehead atoms. The third-order valence-electron chi connectivity index (χ3n) is 4.20. The van der Waals surface area contributed by atoms with E-state index in [1.165, 1.54) is 0 Å². The zero-order valence-corrected chi connectivity index (χ0v) is 11.2. The lowest BCUT2D eigenvalue weighted by atomic mass is 9.91. The van der Waals surface area contributed by atoms with Crippen molar-refractivity contribution in [3.05, 3.63) is 0 Å². The maximum atomic E-state index is 11.5. The van der Waals surface area contributed by atoms with Crippen molar-refractivity contribution in [1.29, 1.82) is 0 Å². The summed E-state index contributed by atoms with van der Waals surface area (Å²) in [6, 6.07) is 0. The number of ether oxygens (including phenoxy) is 1. The molecule has 0 amide bonds. The fraction of sp³-hybridized carbons (Fsp3) is 0.923. The quantitative estimate of drug-likeness (QED) is 0.770. The summed E-state index contributed by atoms with van der Waals surface area (Å²) in [5.41, 5.74) is 0. The Balaban J connectivity index is 1.89. The van der Waals surface area contributed by atoms with Crippen molar-refractivity contribution >= 4 is 5.97 Å². The van der Waals surface area contributed by atoms with Crippen molar-refractivity contribution in [2.75, 3.05) is 52.5 Å². The average molecular weight is 256 g/mol. The number of carboxylic acids is 1. The van der Waals surface area contributed by atoms with Crippen LogP contribution in [0.1, 0.15) is 13.3 Å². The van der Waals surface area contributed by atoms with Gasteiger partial charge in [0.25, 0.3) is 0 Å². The lowest BCUT2D eigenvalue weighted by Crippen LogP contribution is -2.43. The number of aliphatic carboxylic acids is 1. The number of hydrogen-bond acceptors (Lipinski definition) is 4. The van der Waals surface area contributed by atoms with Crippen LogP contribution in [0.25, 0.3) is 0 Å². The molecule has 0 aromatic heterocycles. The molecular formula is C13H24N2O3. The van der Waals surface area contributed by atoms with E-state index < -0.39 is 5.97 Å². The highest BCUT2D eigenvalue weighted by atomic mass is 16.5. The molecule has 0 saturated carbocycles. The second-order valence-electron chi connectivity index (χ2n) is 5.30. The van der Waals surface area contributed by atoms with Gasteiger partial charge in [0.1, 0.15) is 0 Å². The van der Waals surface area contributed by atoms with Crippen molar-refractivity contribution in [2.24, 2.45) is 11.8 Å². The number of likely N-dealkylation sites (tertiary alicyclic amines) is 1. The molecule has 5 nitrogen and oxygen atoms in total. The first-order valence-corrected chi connectivity index (χ1v) is 6.96. The van der Waals surface area contributed by atoms with Crippen LogP contribution in [-0.4, -0.2) is 73.4 Å². The number of hydrogen-bond donors (Lipinski definition) is 1. The van der Waals surface area contributed by atoms with Crippen LogP contribution in [0.15, 0.2) is 0 Å². The molecule has 2 fully saturated rings. The molecular weight excluding hydrogens is 232 g/mol. The van der Waals surface area contributed by atoms with Crippen LogP contribution in [-0.2, 0) is 9.53 Å². The molecule has 18 heavy (non-hydrogen) atoms. The van der Waals surface area contributed by atoms with E-state index in [9.17, 15) is 9.90 Å². The van der Waals surface area contributed by atoms with E-state index in [1.54, 1.807) is 0 Å². The molecule has 0 spiro atoms. The Bertz CT molecular complexity index is 279. The summed E-state index contributed by atoms with van der Waals surface area (Å²) in [5, 5.41) is 9.45. The zero-order valence-electron chi connectivity index (χ0n) is 11.2. The van der Waals surface area contributed by atoms with Crippen molar-refractivity contribution in [1.82, 2.24) is 9.80 Å². The summed E-state index contributed by atoms with van der Waals surface area (Å²) >= 11 is 0. The monoisotopic (exact) mass is 256 g/mol. The molecule has 2 aliphatic heterocycles. The van der Waals surface area contributed by atoms with Crippen molar-refractivity contribution in [2.45, 2.75) is 13.3 Å². The van der Waals surface area contributed by atoms with Crippen LogP contribution in [0.2, 0.25) is 0 Å². The first-order valence-electron chi connectivity index (χ1n) is 6.96. The van der Waals surface area contributed by atoms with Gasteiger partial charge < -0.3 is 14.7 Å². The van der Waals surface area contributed by atoms with Crippen LogP contribution >= 0.6 is 0 Å². The minimum Gasteiger partial charge on any atom is -0.481 e. The fourth-order valence-corrected chi connectivity index (χ4v) is 2.97. The molecule has 0 aliphatic carbocycles. The van der Waals surface area contributed by atoms with Crippen molar-refractivity contribution in [3.63, 3.8) is 0 Å². The van der Waals surface area contributed by atoms with Crippen molar-refractivity contribution < 1.29 is 14.6 Å². The van der Waals surface area contributed by atoms with Gasteiger partial charge in [-0.15, -0.1) is 0 Å².